The van der Waals surface area contributed by atoms with Crippen LogP contribution >= 0.6 is 0 Å². The smallest absolute Gasteiger partial charge is 0.230 e. The molecular formula is C26H31N3O4. The molecule has 7 nitrogen and oxygen atoms in total. The molecule has 2 aromatic heterocycles. The molecule has 2 aliphatic heterocycles. The van der Waals surface area contributed by atoms with Crippen molar-refractivity contribution in [2.24, 2.45) is 0 Å². The lowest BCUT2D eigenvalue weighted by atomic mass is 9.83. The van der Waals surface area contributed by atoms with Crippen molar-refractivity contribution in [2.75, 3.05) is 26.8 Å². The molecule has 0 unspecified atom stereocenters. The first kappa shape index (κ1) is 21.8. The van der Waals surface area contributed by atoms with Crippen molar-refractivity contribution in [3.05, 3.63) is 59.9 Å². The molecule has 2 aliphatic rings. The van der Waals surface area contributed by atoms with Crippen LogP contribution in [0.4, 0.5) is 0 Å². The Morgan fingerprint density at radius 2 is 1.97 bits per heavy atom. The Morgan fingerprint density at radius 3 is 2.67 bits per heavy atom. The maximum absolute atomic E-state index is 12.9. The van der Waals surface area contributed by atoms with Crippen LogP contribution in [0.2, 0.25) is 0 Å². The zero-order chi connectivity index (χ0) is 23.0. The van der Waals surface area contributed by atoms with E-state index in [2.05, 4.69) is 24.5 Å². The molecule has 1 fully saturated rings. The molecule has 0 radical (unpaired) electrons. The lowest BCUT2D eigenvalue weighted by Gasteiger charge is -2.44. The third-order valence-corrected chi connectivity index (χ3v) is 6.74. The van der Waals surface area contributed by atoms with E-state index in [1.165, 1.54) is 0 Å². The SMILES string of the molecule is COCCn1c(C(C)C)nc2c1C1(CCN(C(=O)Cc3ccco3)CC1)Oc1ccccc1-2. The normalized spacial score (nSPS) is 16.5. The molecule has 5 rings (SSSR count). The number of piperidine rings is 1. The number of aromatic nitrogens is 2. The van der Waals surface area contributed by atoms with Crippen molar-refractivity contribution in [2.45, 2.75) is 51.2 Å². The number of benzene rings is 1. The summed E-state index contributed by atoms with van der Waals surface area (Å²) in [6.45, 7) is 6.94. The lowest BCUT2D eigenvalue weighted by Crippen LogP contribution is -2.50. The second kappa shape index (κ2) is 8.71. The minimum atomic E-state index is -0.515. The van der Waals surface area contributed by atoms with Crippen molar-refractivity contribution in [3.8, 4) is 17.0 Å². The van der Waals surface area contributed by atoms with Gasteiger partial charge in [0.15, 0.2) is 5.60 Å². The fourth-order valence-electron chi connectivity index (χ4n) is 5.11. The third-order valence-electron chi connectivity index (χ3n) is 6.74. The number of hydrogen-bond donors (Lipinski definition) is 0. The predicted octanol–water partition coefficient (Wildman–Crippen LogP) is 4.37. The van der Waals surface area contributed by atoms with E-state index in [0.717, 1.165) is 35.1 Å². The number of methoxy groups -OCH3 is 1. The third kappa shape index (κ3) is 3.84. The van der Waals surface area contributed by atoms with E-state index in [4.69, 9.17) is 18.9 Å². The highest BCUT2D eigenvalue weighted by molar-refractivity contribution is 5.78. The van der Waals surface area contributed by atoms with Crippen LogP contribution in [0.25, 0.3) is 11.3 Å². The Hall–Kier alpha value is -3.06. The molecule has 0 bridgehead atoms. The first-order chi connectivity index (χ1) is 16.0. The van der Waals surface area contributed by atoms with Gasteiger partial charge in [0.2, 0.25) is 5.91 Å². The van der Waals surface area contributed by atoms with Crippen LogP contribution in [0.1, 0.15) is 49.9 Å². The summed E-state index contributed by atoms with van der Waals surface area (Å²) in [6.07, 6.45) is 3.33. The maximum atomic E-state index is 12.9. The summed E-state index contributed by atoms with van der Waals surface area (Å²) in [5.41, 5.74) is 2.65. The summed E-state index contributed by atoms with van der Waals surface area (Å²) in [5, 5.41) is 0. The van der Waals surface area contributed by atoms with Crippen LogP contribution in [0, 0.1) is 0 Å². The molecule has 7 heteroatoms. The van der Waals surface area contributed by atoms with Gasteiger partial charge in [-0.15, -0.1) is 0 Å². The van der Waals surface area contributed by atoms with Gasteiger partial charge in [0.1, 0.15) is 17.3 Å². The highest BCUT2D eigenvalue weighted by atomic mass is 16.5. The fourth-order valence-corrected chi connectivity index (χ4v) is 5.11. The number of carbonyl (C=O) groups excluding carboxylic acids is 1. The van der Waals surface area contributed by atoms with Crippen LogP contribution in [-0.4, -0.2) is 47.2 Å². The second-order valence-corrected chi connectivity index (χ2v) is 9.20. The van der Waals surface area contributed by atoms with Crippen LogP contribution in [-0.2, 0) is 28.1 Å². The Labute approximate surface area is 194 Å². The van der Waals surface area contributed by atoms with Gasteiger partial charge in [-0.2, -0.15) is 0 Å². The fraction of sp³-hybridized carbons (Fsp3) is 0.462. The monoisotopic (exact) mass is 449 g/mol. The van der Waals surface area contributed by atoms with Crippen molar-refractivity contribution < 1.29 is 18.7 Å². The molecule has 1 amide bonds. The topological polar surface area (TPSA) is 69.7 Å². The van der Waals surface area contributed by atoms with Gasteiger partial charge in [-0.25, -0.2) is 4.98 Å². The quantitative estimate of drug-likeness (QED) is 0.559. The average Bonchev–Trinajstić information content (AvgIpc) is 3.47. The summed E-state index contributed by atoms with van der Waals surface area (Å²) >= 11 is 0. The number of para-hydroxylation sites is 1. The predicted molar refractivity (Wildman–Crippen MR) is 124 cm³/mol. The van der Waals surface area contributed by atoms with E-state index in [-0.39, 0.29) is 18.2 Å². The highest BCUT2D eigenvalue weighted by Gasteiger charge is 2.48. The number of carbonyl (C=O) groups is 1. The van der Waals surface area contributed by atoms with E-state index in [1.54, 1.807) is 13.4 Å². The lowest BCUT2D eigenvalue weighted by molar-refractivity contribution is -0.134. The number of furan rings is 1. The Balaban J connectivity index is 1.50. The van der Waals surface area contributed by atoms with Crippen LogP contribution in [0.3, 0.4) is 0 Å². The number of fused-ring (bicyclic) bond motifs is 4. The zero-order valence-corrected chi connectivity index (χ0v) is 19.5. The Kier molecular flexibility index (Phi) is 5.74. The molecule has 0 aliphatic carbocycles. The largest absolute Gasteiger partial charge is 0.480 e. The van der Waals surface area contributed by atoms with Crippen LogP contribution in [0.15, 0.2) is 47.1 Å². The standard InChI is InChI=1S/C26H31N3O4/c1-18(2)25-27-23-20-8-4-5-9-21(20)33-26(24(23)29(25)14-16-31-3)10-12-28(13-11-26)22(30)17-19-7-6-15-32-19/h4-9,15,18H,10-14,16-17H2,1-3H3. The van der Waals surface area contributed by atoms with Gasteiger partial charge in [-0.1, -0.05) is 26.0 Å². The van der Waals surface area contributed by atoms with E-state index in [0.29, 0.717) is 38.3 Å². The first-order valence-corrected chi connectivity index (χ1v) is 11.7. The molecule has 1 spiro atoms. The summed E-state index contributed by atoms with van der Waals surface area (Å²) in [7, 11) is 1.73. The average molecular weight is 450 g/mol. The number of hydrogen-bond acceptors (Lipinski definition) is 5. The first-order valence-electron chi connectivity index (χ1n) is 11.7. The summed E-state index contributed by atoms with van der Waals surface area (Å²) < 4.78 is 19.9. The molecule has 0 saturated carbocycles. The molecule has 33 heavy (non-hydrogen) atoms. The summed E-state index contributed by atoms with van der Waals surface area (Å²) in [4.78, 5) is 19.9. The molecule has 0 atom stereocenters. The van der Waals surface area contributed by atoms with Crippen LogP contribution < -0.4 is 4.74 Å². The van der Waals surface area contributed by atoms with Gasteiger partial charge in [-0.05, 0) is 24.3 Å². The summed E-state index contributed by atoms with van der Waals surface area (Å²) in [5.74, 6) is 2.98. The number of likely N-dealkylation sites (tertiary alicyclic amines) is 1. The van der Waals surface area contributed by atoms with Gasteiger partial charge < -0.3 is 23.4 Å². The zero-order valence-electron chi connectivity index (χ0n) is 19.5. The number of nitrogens with zero attached hydrogens (tertiary/aromatic N) is 3. The van der Waals surface area contributed by atoms with Gasteiger partial charge >= 0.3 is 0 Å². The number of imidazole rings is 1. The van der Waals surface area contributed by atoms with Crippen molar-refractivity contribution in [3.63, 3.8) is 0 Å². The number of amides is 1. The van der Waals surface area contributed by atoms with E-state index < -0.39 is 5.60 Å². The van der Waals surface area contributed by atoms with E-state index in [9.17, 15) is 4.79 Å². The molecule has 1 saturated heterocycles. The van der Waals surface area contributed by atoms with Gasteiger partial charge in [0, 0.05) is 51.1 Å². The molecule has 4 heterocycles. The number of rotatable bonds is 6. The summed E-state index contributed by atoms with van der Waals surface area (Å²) in [6, 6.07) is 11.8. The van der Waals surface area contributed by atoms with Gasteiger partial charge in [0.25, 0.3) is 0 Å². The molecule has 1 aromatic carbocycles. The minimum absolute atomic E-state index is 0.0898. The van der Waals surface area contributed by atoms with Crippen molar-refractivity contribution in [1.29, 1.82) is 0 Å². The van der Waals surface area contributed by atoms with Crippen molar-refractivity contribution >= 4 is 5.91 Å². The number of ether oxygens (including phenoxy) is 2. The van der Waals surface area contributed by atoms with Gasteiger partial charge in [0.05, 0.1) is 30.7 Å². The highest BCUT2D eigenvalue weighted by Crippen LogP contribution is 2.50. The van der Waals surface area contributed by atoms with Gasteiger partial charge in [-0.3, -0.25) is 4.79 Å². The molecular weight excluding hydrogens is 418 g/mol. The second-order valence-electron chi connectivity index (χ2n) is 9.20. The van der Waals surface area contributed by atoms with E-state index >= 15 is 0 Å². The maximum Gasteiger partial charge on any atom is 0.230 e. The van der Waals surface area contributed by atoms with Crippen molar-refractivity contribution in [1.82, 2.24) is 14.5 Å². The van der Waals surface area contributed by atoms with Crippen LogP contribution in [0.5, 0.6) is 5.75 Å². The Morgan fingerprint density at radius 1 is 1.18 bits per heavy atom. The molecule has 0 N–H and O–H groups in total. The molecule has 174 valence electrons. The minimum Gasteiger partial charge on any atom is -0.480 e. The molecule has 3 aromatic rings. The van der Waals surface area contributed by atoms with E-state index in [1.807, 2.05) is 35.2 Å². The Bertz CT molecular complexity index is 1120.